The quantitative estimate of drug-likeness (QED) is 0.289. The van der Waals surface area contributed by atoms with Crippen molar-refractivity contribution in [3.05, 3.63) is 72.6 Å². The first kappa shape index (κ1) is 22.9. The number of para-hydroxylation sites is 2. The number of ether oxygens (including phenoxy) is 1. The average molecular weight is 532 g/mol. The summed E-state index contributed by atoms with van der Waals surface area (Å²) in [5.74, 6) is 1.73. The summed E-state index contributed by atoms with van der Waals surface area (Å²) in [5, 5.41) is 11.2. The van der Waals surface area contributed by atoms with Gasteiger partial charge in [-0.15, -0.1) is 24.0 Å². The molecule has 0 spiro atoms. The van der Waals surface area contributed by atoms with Crippen molar-refractivity contribution < 1.29 is 4.74 Å². The number of anilines is 1. The molecule has 0 aliphatic carbocycles. The van der Waals surface area contributed by atoms with Crippen LogP contribution in [0.5, 0.6) is 5.75 Å². The van der Waals surface area contributed by atoms with Crippen molar-refractivity contribution >= 4 is 35.6 Å². The molecule has 0 saturated carbocycles. The van der Waals surface area contributed by atoms with Gasteiger partial charge in [-0.2, -0.15) is 5.10 Å². The first-order valence-electron chi connectivity index (χ1n) is 10.2. The minimum Gasteiger partial charge on any atom is -0.495 e. The standard InChI is InChI=1S/C23H28N6O.HI/c1-24-23(25-16-18-8-10-20(11-9-18)29-14-5-13-26-29)27-19-12-15-28(17-19)21-6-3-4-7-22(21)30-2;/h3-11,13-14,19H,12,15-17H2,1-2H3,(H2,24,25,27);1H. The fourth-order valence-corrected chi connectivity index (χ4v) is 3.75. The van der Waals surface area contributed by atoms with Crippen molar-refractivity contribution in [3.63, 3.8) is 0 Å². The lowest BCUT2D eigenvalue weighted by Crippen LogP contribution is -2.44. The Morgan fingerprint density at radius 2 is 1.97 bits per heavy atom. The number of nitrogens with one attached hydrogen (secondary N) is 2. The smallest absolute Gasteiger partial charge is 0.191 e. The molecule has 164 valence electrons. The number of halogens is 1. The predicted molar refractivity (Wildman–Crippen MR) is 136 cm³/mol. The molecule has 31 heavy (non-hydrogen) atoms. The number of rotatable bonds is 6. The summed E-state index contributed by atoms with van der Waals surface area (Å²) in [6.07, 6.45) is 4.77. The Bertz CT molecular complexity index is 974. The van der Waals surface area contributed by atoms with Gasteiger partial charge in [-0.1, -0.05) is 24.3 Å². The molecule has 7 nitrogen and oxygen atoms in total. The zero-order valence-electron chi connectivity index (χ0n) is 17.9. The molecule has 0 amide bonds. The first-order valence-corrected chi connectivity index (χ1v) is 10.2. The van der Waals surface area contributed by atoms with Crippen LogP contribution in [0.1, 0.15) is 12.0 Å². The van der Waals surface area contributed by atoms with E-state index in [9.17, 15) is 0 Å². The van der Waals surface area contributed by atoms with Gasteiger partial charge < -0.3 is 20.3 Å². The molecule has 1 atom stereocenters. The Hall–Kier alpha value is -2.75. The number of aromatic nitrogens is 2. The molecule has 1 fully saturated rings. The zero-order chi connectivity index (χ0) is 20.8. The molecule has 1 aliphatic rings. The Balaban J connectivity index is 0.00000272. The van der Waals surface area contributed by atoms with Crippen molar-refractivity contribution in [2.45, 2.75) is 19.0 Å². The zero-order valence-corrected chi connectivity index (χ0v) is 20.2. The van der Waals surface area contributed by atoms with Gasteiger partial charge in [-0.3, -0.25) is 4.99 Å². The molecule has 1 unspecified atom stereocenters. The molecule has 1 saturated heterocycles. The highest BCUT2D eigenvalue weighted by Crippen LogP contribution is 2.30. The molecule has 1 aliphatic heterocycles. The molecule has 3 aromatic rings. The van der Waals surface area contributed by atoms with E-state index in [2.05, 4.69) is 62.0 Å². The molecule has 8 heteroatoms. The lowest BCUT2D eigenvalue weighted by Gasteiger charge is -2.22. The average Bonchev–Trinajstić information content (AvgIpc) is 3.49. The van der Waals surface area contributed by atoms with E-state index in [1.165, 1.54) is 5.56 Å². The van der Waals surface area contributed by atoms with E-state index in [1.807, 2.05) is 36.1 Å². The van der Waals surface area contributed by atoms with E-state index in [0.29, 0.717) is 12.6 Å². The minimum atomic E-state index is 0. The van der Waals surface area contributed by atoms with E-state index in [-0.39, 0.29) is 24.0 Å². The highest BCUT2D eigenvalue weighted by molar-refractivity contribution is 14.0. The second-order valence-electron chi connectivity index (χ2n) is 7.29. The highest BCUT2D eigenvalue weighted by Gasteiger charge is 2.25. The Kier molecular flexibility index (Phi) is 8.16. The molecule has 2 heterocycles. The van der Waals surface area contributed by atoms with Crippen molar-refractivity contribution in [1.29, 1.82) is 0 Å². The summed E-state index contributed by atoms with van der Waals surface area (Å²) >= 11 is 0. The number of methoxy groups -OCH3 is 1. The van der Waals surface area contributed by atoms with Crippen LogP contribution >= 0.6 is 24.0 Å². The van der Waals surface area contributed by atoms with E-state index < -0.39 is 0 Å². The van der Waals surface area contributed by atoms with E-state index >= 15 is 0 Å². The fourth-order valence-electron chi connectivity index (χ4n) is 3.75. The first-order chi connectivity index (χ1) is 14.8. The summed E-state index contributed by atoms with van der Waals surface area (Å²) < 4.78 is 7.36. The maximum Gasteiger partial charge on any atom is 0.191 e. The summed E-state index contributed by atoms with van der Waals surface area (Å²) in [7, 11) is 3.53. The van der Waals surface area contributed by atoms with Crippen LogP contribution in [-0.2, 0) is 6.54 Å². The fraction of sp³-hybridized carbons (Fsp3) is 0.304. The van der Waals surface area contributed by atoms with Gasteiger partial charge in [-0.05, 0) is 42.3 Å². The number of aliphatic imine (C=N–C) groups is 1. The van der Waals surface area contributed by atoms with Gasteiger partial charge >= 0.3 is 0 Å². The van der Waals surface area contributed by atoms with Crippen LogP contribution in [0.3, 0.4) is 0 Å². The topological polar surface area (TPSA) is 66.7 Å². The van der Waals surface area contributed by atoms with Crippen LogP contribution < -0.4 is 20.3 Å². The Labute approximate surface area is 200 Å². The van der Waals surface area contributed by atoms with Gasteiger partial charge in [0.1, 0.15) is 5.75 Å². The maximum absolute atomic E-state index is 5.51. The Morgan fingerprint density at radius 1 is 1.16 bits per heavy atom. The monoisotopic (exact) mass is 532 g/mol. The van der Waals surface area contributed by atoms with Crippen molar-refractivity contribution in [1.82, 2.24) is 20.4 Å². The van der Waals surface area contributed by atoms with Crippen molar-refractivity contribution in [2.24, 2.45) is 4.99 Å². The van der Waals surface area contributed by atoms with Gasteiger partial charge in [-0.25, -0.2) is 4.68 Å². The SMILES string of the molecule is CN=C(NCc1ccc(-n2cccn2)cc1)NC1CCN(c2ccccc2OC)C1.I. The number of nitrogens with zero attached hydrogens (tertiary/aromatic N) is 4. The van der Waals surface area contributed by atoms with Gasteiger partial charge in [0, 0.05) is 45.1 Å². The lowest BCUT2D eigenvalue weighted by molar-refractivity contribution is 0.415. The van der Waals surface area contributed by atoms with E-state index in [1.54, 1.807) is 13.3 Å². The molecule has 4 rings (SSSR count). The second-order valence-corrected chi connectivity index (χ2v) is 7.29. The van der Waals surface area contributed by atoms with Crippen molar-refractivity contribution in [2.75, 3.05) is 32.1 Å². The van der Waals surface area contributed by atoms with Crippen LogP contribution in [0, 0.1) is 0 Å². The van der Waals surface area contributed by atoms with Gasteiger partial charge in [0.15, 0.2) is 5.96 Å². The third-order valence-electron chi connectivity index (χ3n) is 5.34. The summed E-state index contributed by atoms with van der Waals surface area (Å²) in [4.78, 5) is 6.75. The van der Waals surface area contributed by atoms with Gasteiger partial charge in [0.05, 0.1) is 18.5 Å². The maximum atomic E-state index is 5.51. The molecule has 2 aromatic carbocycles. The molecular weight excluding hydrogens is 503 g/mol. The highest BCUT2D eigenvalue weighted by atomic mass is 127. The van der Waals surface area contributed by atoms with Gasteiger partial charge in [0.2, 0.25) is 0 Å². The van der Waals surface area contributed by atoms with E-state index in [0.717, 1.165) is 42.6 Å². The summed E-state index contributed by atoms with van der Waals surface area (Å²) in [6, 6.07) is 18.8. The van der Waals surface area contributed by atoms with Crippen LogP contribution in [0.25, 0.3) is 5.69 Å². The van der Waals surface area contributed by atoms with Crippen LogP contribution in [0.4, 0.5) is 5.69 Å². The van der Waals surface area contributed by atoms with Crippen molar-refractivity contribution in [3.8, 4) is 11.4 Å². The van der Waals surface area contributed by atoms with Crippen LogP contribution in [0.2, 0.25) is 0 Å². The predicted octanol–water partition coefficient (Wildman–Crippen LogP) is 3.44. The normalized spacial score (nSPS) is 16.0. The summed E-state index contributed by atoms with van der Waals surface area (Å²) in [6.45, 7) is 2.62. The van der Waals surface area contributed by atoms with E-state index in [4.69, 9.17) is 4.74 Å². The number of guanidine groups is 1. The molecule has 1 aromatic heterocycles. The number of hydrogen-bond acceptors (Lipinski definition) is 4. The molecule has 2 N–H and O–H groups in total. The van der Waals surface area contributed by atoms with Gasteiger partial charge in [0.25, 0.3) is 0 Å². The second kappa shape index (κ2) is 11.0. The third-order valence-corrected chi connectivity index (χ3v) is 5.34. The Morgan fingerprint density at radius 3 is 2.68 bits per heavy atom. The molecular formula is C23H29IN6O. The number of benzene rings is 2. The van der Waals surface area contributed by atoms with Crippen LogP contribution in [-0.4, -0.2) is 49.0 Å². The minimum absolute atomic E-state index is 0. The third kappa shape index (κ3) is 5.69. The summed E-state index contributed by atoms with van der Waals surface area (Å²) in [5.41, 5.74) is 3.38. The largest absolute Gasteiger partial charge is 0.495 e. The lowest BCUT2D eigenvalue weighted by atomic mass is 10.2. The molecule has 0 radical (unpaired) electrons. The molecule has 0 bridgehead atoms. The van der Waals surface area contributed by atoms with Crippen LogP contribution in [0.15, 0.2) is 72.0 Å². The number of hydrogen-bond donors (Lipinski definition) is 2.